The quantitative estimate of drug-likeness (QED) is 0.463. The molecule has 0 aromatic carbocycles. The fourth-order valence-electron chi connectivity index (χ4n) is 5.33. The Labute approximate surface area is 179 Å². The first-order valence-corrected chi connectivity index (χ1v) is 11.7. The third kappa shape index (κ3) is 5.13. The maximum absolute atomic E-state index is 12.8. The van der Waals surface area contributed by atoms with Gasteiger partial charge in [-0.25, -0.2) is 0 Å². The van der Waals surface area contributed by atoms with E-state index < -0.39 is 0 Å². The second-order valence-corrected chi connectivity index (χ2v) is 9.07. The van der Waals surface area contributed by atoms with Crippen molar-refractivity contribution >= 4 is 11.8 Å². The summed E-state index contributed by atoms with van der Waals surface area (Å²) in [6, 6.07) is 0.334. The molecule has 4 N–H and O–H groups in total. The number of hydrogen-bond acceptors (Lipinski definition) is 7. The number of nitrogens with one attached hydrogen (secondary N) is 4. The molecule has 3 saturated heterocycles. The van der Waals surface area contributed by atoms with Crippen LogP contribution in [0.15, 0.2) is 0 Å². The van der Waals surface area contributed by atoms with Gasteiger partial charge in [-0.2, -0.15) is 0 Å². The van der Waals surface area contributed by atoms with E-state index in [0.29, 0.717) is 31.7 Å². The van der Waals surface area contributed by atoms with Crippen LogP contribution in [0.1, 0.15) is 38.5 Å². The molecule has 0 aromatic heterocycles. The molecule has 9 nitrogen and oxygen atoms in total. The molecule has 4 aliphatic rings. The highest BCUT2D eigenvalue weighted by Gasteiger charge is 2.38. The lowest BCUT2D eigenvalue weighted by molar-refractivity contribution is -0.140. The normalized spacial score (nSPS) is 35.9. The van der Waals surface area contributed by atoms with Crippen LogP contribution in [0.5, 0.6) is 0 Å². The number of nitrogens with zero attached hydrogens (tertiary/aromatic N) is 2. The van der Waals surface area contributed by atoms with E-state index in [1.807, 2.05) is 4.90 Å². The zero-order valence-electron chi connectivity index (χ0n) is 18.2. The van der Waals surface area contributed by atoms with Gasteiger partial charge in [0.1, 0.15) is 6.29 Å². The van der Waals surface area contributed by atoms with Gasteiger partial charge < -0.3 is 15.0 Å². The third-order valence-corrected chi connectivity index (χ3v) is 7.17. The fraction of sp³-hybridized carbons (Fsp3) is 0.905. The number of morpholine rings is 1. The van der Waals surface area contributed by atoms with Gasteiger partial charge in [-0.1, -0.05) is 0 Å². The van der Waals surface area contributed by atoms with E-state index in [1.54, 1.807) is 7.05 Å². The predicted octanol–water partition coefficient (Wildman–Crippen LogP) is -0.746. The molecule has 2 amide bonds. The van der Waals surface area contributed by atoms with Gasteiger partial charge in [0.05, 0.1) is 25.3 Å². The number of hydrogen-bond donors (Lipinski definition) is 4. The smallest absolute Gasteiger partial charge is 0.227 e. The highest BCUT2D eigenvalue weighted by molar-refractivity contribution is 5.79. The molecule has 0 aromatic rings. The van der Waals surface area contributed by atoms with Crippen LogP contribution in [0.2, 0.25) is 0 Å². The Morgan fingerprint density at radius 2 is 1.70 bits per heavy atom. The molecule has 1 aliphatic carbocycles. The average molecular weight is 423 g/mol. The predicted molar refractivity (Wildman–Crippen MR) is 113 cm³/mol. The van der Waals surface area contributed by atoms with E-state index in [9.17, 15) is 9.59 Å². The summed E-state index contributed by atoms with van der Waals surface area (Å²) in [6.45, 7) is 5.61. The topological polar surface area (TPSA) is 98.0 Å². The van der Waals surface area contributed by atoms with Gasteiger partial charge >= 0.3 is 0 Å². The summed E-state index contributed by atoms with van der Waals surface area (Å²) in [6.07, 6.45) is 6.30. The van der Waals surface area contributed by atoms with E-state index in [1.165, 1.54) is 12.8 Å². The first-order valence-electron chi connectivity index (χ1n) is 11.7. The summed E-state index contributed by atoms with van der Waals surface area (Å²) >= 11 is 0. The number of rotatable bonds is 5. The maximum atomic E-state index is 12.8. The lowest BCUT2D eigenvalue weighted by atomic mass is 9.84. The minimum absolute atomic E-state index is 0.0588. The molecule has 4 rings (SSSR count). The maximum Gasteiger partial charge on any atom is 0.227 e. The summed E-state index contributed by atoms with van der Waals surface area (Å²) in [5.41, 5.74) is 0. The lowest BCUT2D eigenvalue weighted by Crippen LogP contribution is -2.71. The summed E-state index contributed by atoms with van der Waals surface area (Å²) in [7, 11) is 1.70. The number of carbonyl (C=O) groups excluding carboxylic acids is 2. The molecule has 0 spiro atoms. The molecule has 3 atom stereocenters. The second kappa shape index (κ2) is 10.4. The standard InChI is InChI=1S/C21H38N6O3/c1-22-19(28)17-14-23-21(27-8-2-3-9-27)25-18(17)24-16-6-4-15(5-7-16)20(29)26-10-12-30-13-11-26/h15-18,21,23-25H,2-14H2,1H3,(H,22,28). The Bertz CT molecular complexity index is 585. The van der Waals surface area contributed by atoms with Gasteiger partial charge in [-0.05, 0) is 38.5 Å². The molecule has 170 valence electrons. The van der Waals surface area contributed by atoms with Crippen LogP contribution in [-0.2, 0) is 14.3 Å². The summed E-state index contributed by atoms with van der Waals surface area (Å²) in [5, 5.41) is 13.7. The average Bonchev–Trinajstić information content (AvgIpc) is 3.34. The second-order valence-electron chi connectivity index (χ2n) is 9.07. The van der Waals surface area contributed by atoms with Gasteiger partial charge in [0, 0.05) is 51.7 Å². The Hall–Kier alpha value is -1.26. The number of amides is 2. The third-order valence-electron chi connectivity index (χ3n) is 7.17. The Morgan fingerprint density at radius 1 is 1.00 bits per heavy atom. The lowest BCUT2D eigenvalue weighted by Gasteiger charge is -2.43. The van der Waals surface area contributed by atoms with E-state index >= 15 is 0 Å². The number of ether oxygens (including phenoxy) is 1. The molecule has 9 heteroatoms. The van der Waals surface area contributed by atoms with Crippen molar-refractivity contribution in [2.24, 2.45) is 11.8 Å². The van der Waals surface area contributed by atoms with Gasteiger partial charge in [0.15, 0.2) is 0 Å². The van der Waals surface area contributed by atoms with Crippen molar-refractivity contribution in [3.63, 3.8) is 0 Å². The molecule has 0 radical (unpaired) electrons. The summed E-state index contributed by atoms with van der Waals surface area (Å²) < 4.78 is 5.37. The van der Waals surface area contributed by atoms with Crippen molar-refractivity contribution < 1.29 is 14.3 Å². The zero-order valence-corrected chi connectivity index (χ0v) is 18.2. The van der Waals surface area contributed by atoms with Crippen LogP contribution in [0.25, 0.3) is 0 Å². The van der Waals surface area contributed by atoms with Crippen molar-refractivity contribution in [2.45, 2.75) is 57.0 Å². The molecule has 30 heavy (non-hydrogen) atoms. The Morgan fingerprint density at radius 3 is 2.37 bits per heavy atom. The molecule has 4 fully saturated rings. The van der Waals surface area contributed by atoms with Crippen molar-refractivity contribution in [3.05, 3.63) is 0 Å². The summed E-state index contributed by atoms with van der Waals surface area (Å²) in [4.78, 5) is 29.6. The number of carbonyl (C=O) groups is 2. The van der Waals surface area contributed by atoms with Crippen molar-refractivity contribution in [3.8, 4) is 0 Å². The first-order chi connectivity index (χ1) is 14.7. The molecule has 0 bridgehead atoms. The fourth-order valence-corrected chi connectivity index (χ4v) is 5.33. The van der Waals surface area contributed by atoms with Crippen LogP contribution in [0.4, 0.5) is 0 Å². The van der Waals surface area contributed by atoms with Crippen LogP contribution in [0, 0.1) is 11.8 Å². The first kappa shape index (κ1) is 22.0. The van der Waals surface area contributed by atoms with Gasteiger partial charge in [0.25, 0.3) is 0 Å². The monoisotopic (exact) mass is 422 g/mol. The van der Waals surface area contributed by atoms with Crippen molar-refractivity contribution in [1.29, 1.82) is 0 Å². The highest BCUT2D eigenvalue weighted by atomic mass is 16.5. The zero-order chi connectivity index (χ0) is 20.9. The molecular formula is C21H38N6O3. The van der Waals surface area contributed by atoms with E-state index in [-0.39, 0.29) is 30.2 Å². The van der Waals surface area contributed by atoms with Crippen LogP contribution in [-0.4, -0.2) is 93.1 Å². The van der Waals surface area contributed by atoms with Crippen LogP contribution < -0.4 is 21.3 Å². The molecular weight excluding hydrogens is 384 g/mol. The Kier molecular flexibility index (Phi) is 7.59. The molecule has 1 saturated carbocycles. The van der Waals surface area contributed by atoms with Gasteiger partial charge in [0.2, 0.25) is 11.8 Å². The minimum atomic E-state index is -0.151. The van der Waals surface area contributed by atoms with Gasteiger partial charge in [-0.3, -0.25) is 30.4 Å². The SMILES string of the molecule is CNC(=O)C1CNC(N2CCCC2)NC1NC1CCC(C(=O)N2CCOCC2)CC1. The van der Waals surface area contributed by atoms with E-state index in [4.69, 9.17) is 4.74 Å². The summed E-state index contributed by atoms with van der Waals surface area (Å²) in [5.74, 6) is 0.341. The largest absolute Gasteiger partial charge is 0.378 e. The van der Waals surface area contributed by atoms with Gasteiger partial charge in [-0.15, -0.1) is 0 Å². The number of likely N-dealkylation sites (tertiary alicyclic amines) is 1. The van der Waals surface area contributed by atoms with Crippen LogP contribution in [0.3, 0.4) is 0 Å². The van der Waals surface area contributed by atoms with Crippen LogP contribution >= 0.6 is 0 Å². The Balaban J connectivity index is 1.30. The molecule has 3 heterocycles. The highest BCUT2D eigenvalue weighted by Crippen LogP contribution is 2.27. The minimum Gasteiger partial charge on any atom is -0.378 e. The molecule has 3 unspecified atom stereocenters. The van der Waals surface area contributed by atoms with E-state index in [0.717, 1.165) is 51.9 Å². The van der Waals surface area contributed by atoms with E-state index in [2.05, 4.69) is 26.2 Å². The van der Waals surface area contributed by atoms with Crippen molar-refractivity contribution in [2.75, 3.05) is 53.0 Å². The molecule has 3 aliphatic heterocycles. The van der Waals surface area contributed by atoms with Crippen molar-refractivity contribution in [1.82, 2.24) is 31.1 Å².